The van der Waals surface area contributed by atoms with Crippen molar-refractivity contribution in [1.82, 2.24) is 5.32 Å². The summed E-state index contributed by atoms with van der Waals surface area (Å²) in [6, 6.07) is 18.4. The van der Waals surface area contributed by atoms with E-state index in [1.807, 2.05) is 13.0 Å². The highest BCUT2D eigenvalue weighted by Crippen LogP contribution is 2.20. The number of halogens is 1. The van der Waals surface area contributed by atoms with E-state index in [9.17, 15) is 17.6 Å². The molecule has 3 aromatic rings. The molecule has 1 amide bonds. The van der Waals surface area contributed by atoms with Gasteiger partial charge in [-0.2, -0.15) is 0 Å². The van der Waals surface area contributed by atoms with Gasteiger partial charge in [-0.15, -0.1) is 0 Å². The molecular weight excluding hydrogens is 419 g/mol. The predicted octanol–water partition coefficient (Wildman–Crippen LogP) is 4.19. The predicted molar refractivity (Wildman–Crippen MR) is 117 cm³/mol. The zero-order chi connectivity index (χ0) is 22.4. The van der Waals surface area contributed by atoms with Crippen LogP contribution in [-0.2, 0) is 14.8 Å². The van der Waals surface area contributed by atoms with Gasteiger partial charge in [0.1, 0.15) is 11.6 Å². The quantitative estimate of drug-likeness (QED) is 0.548. The lowest BCUT2D eigenvalue weighted by molar-refractivity contribution is -0.123. The Morgan fingerprint density at radius 1 is 1.03 bits per heavy atom. The minimum Gasteiger partial charge on any atom is -0.484 e. The molecule has 0 aliphatic heterocycles. The Kier molecular flexibility index (Phi) is 6.91. The largest absolute Gasteiger partial charge is 0.484 e. The van der Waals surface area contributed by atoms with Crippen LogP contribution in [0.25, 0.3) is 0 Å². The molecule has 8 heteroatoms. The molecule has 3 rings (SSSR count). The molecule has 0 bridgehead atoms. The van der Waals surface area contributed by atoms with Crippen LogP contribution >= 0.6 is 0 Å². The van der Waals surface area contributed by atoms with Crippen molar-refractivity contribution in [2.45, 2.75) is 24.8 Å². The monoisotopic (exact) mass is 442 g/mol. The highest BCUT2D eigenvalue weighted by molar-refractivity contribution is 7.92. The molecule has 0 fully saturated rings. The molecule has 0 saturated carbocycles. The number of hydrogen-bond acceptors (Lipinski definition) is 4. The molecule has 3 aromatic carbocycles. The number of rotatable bonds is 8. The molecule has 0 spiro atoms. The van der Waals surface area contributed by atoms with Crippen molar-refractivity contribution in [2.24, 2.45) is 0 Å². The third-order valence-corrected chi connectivity index (χ3v) is 5.92. The van der Waals surface area contributed by atoms with E-state index >= 15 is 0 Å². The Morgan fingerprint density at radius 2 is 1.71 bits per heavy atom. The van der Waals surface area contributed by atoms with Gasteiger partial charge in [-0.1, -0.05) is 24.3 Å². The lowest BCUT2D eigenvalue weighted by Crippen LogP contribution is -2.31. The minimum atomic E-state index is -3.74. The number of ether oxygens (including phenoxy) is 1. The Bertz CT molecular complexity index is 1150. The summed E-state index contributed by atoms with van der Waals surface area (Å²) >= 11 is 0. The fraction of sp³-hybridized carbons (Fsp3) is 0.174. The van der Waals surface area contributed by atoms with Gasteiger partial charge in [-0.25, -0.2) is 12.8 Å². The first kappa shape index (κ1) is 22.3. The Balaban J connectivity index is 1.55. The standard InChI is InChI=1S/C23H23FN2O4S/c1-16-4-3-5-20(14-16)26-31(28,29)22-12-10-21(11-13-22)30-15-23(27)25-17(2)18-6-8-19(24)9-7-18/h3-14,17,26H,15H2,1-2H3,(H,25,27)/t17-/m0/s1. The van der Waals surface area contributed by atoms with Gasteiger partial charge < -0.3 is 10.1 Å². The van der Waals surface area contributed by atoms with Gasteiger partial charge in [0.15, 0.2) is 6.61 Å². The van der Waals surface area contributed by atoms with E-state index in [4.69, 9.17) is 4.74 Å². The molecule has 0 aliphatic rings. The second-order valence-electron chi connectivity index (χ2n) is 7.08. The molecule has 162 valence electrons. The average Bonchev–Trinajstić information content (AvgIpc) is 2.72. The number of sulfonamides is 1. The first-order chi connectivity index (χ1) is 14.7. The summed E-state index contributed by atoms with van der Waals surface area (Å²) in [5.74, 6) is -0.334. The molecule has 0 aliphatic carbocycles. The van der Waals surface area contributed by atoms with E-state index in [0.29, 0.717) is 11.4 Å². The molecule has 31 heavy (non-hydrogen) atoms. The van der Waals surface area contributed by atoms with Crippen LogP contribution in [0.15, 0.2) is 77.7 Å². The van der Waals surface area contributed by atoms with Gasteiger partial charge in [-0.3, -0.25) is 9.52 Å². The number of amides is 1. The van der Waals surface area contributed by atoms with Crippen molar-refractivity contribution < 1.29 is 22.3 Å². The zero-order valence-electron chi connectivity index (χ0n) is 17.1. The van der Waals surface area contributed by atoms with Crippen LogP contribution < -0.4 is 14.8 Å². The zero-order valence-corrected chi connectivity index (χ0v) is 17.9. The summed E-state index contributed by atoms with van der Waals surface area (Å²) < 4.78 is 46.0. The van der Waals surface area contributed by atoms with Crippen molar-refractivity contribution in [3.8, 4) is 5.75 Å². The number of benzene rings is 3. The molecule has 0 radical (unpaired) electrons. The van der Waals surface area contributed by atoms with E-state index in [-0.39, 0.29) is 29.3 Å². The van der Waals surface area contributed by atoms with E-state index in [1.54, 1.807) is 37.3 Å². The third-order valence-electron chi connectivity index (χ3n) is 4.52. The Hall–Kier alpha value is -3.39. The number of carbonyl (C=O) groups is 1. The second-order valence-corrected chi connectivity index (χ2v) is 8.76. The van der Waals surface area contributed by atoms with E-state index in [0.717, 1.165) is 11.1 Å². The second kappa shape index (κ2) is 9.61. The van der Waals surface area contributed by atoms with Gasteiger partial charge in [-0.05, 0) is 73.5 Å². The van der Waals surface area contributed by atoms with Crippen LogP contribution in [0.1, 0.15) is 24.1 Å². The summed E-state index contributed by atoms with van der Waals surface area (Å²) in [7, 11) is -3.74. The maximum Gasteiger partial charge on any atom is 0.261 e. The van der Waals surface area contributed by atoms with Crippen LogP contribution in [0.3, 0.4) is 0 Å². The average molecular weight is 443 g/mol. The van der Waals surface area contributed by atoms with E-state index in [1.165, 1.54) is 36.4 Å². The molecule has 2 N–H and O–H groups in total. The smallest absolute Gasteiger partial charge is 0.261 e. The molecule has 6 nitrogen and oxygen atoms in total. The number of anilines is 1. The Morgan fingerprint density at radius 3 is 2.35 bits per heavy atom. The number of nitrogens with one attached hydrogen (secondary N) is 2. The minimum absolute atomic E-state index is 0.0794. The van der Waals surface area contributed by atoms with Crippen molar-refractivity contribution in [1.29, 1.82) is 0 Å². The fourth-order valence-corrected chi connectivity index (χ4v) is 3.95. The first-order valence-electron chi connectivity index (χ1n) is 9.60. The number of carbonyl (C=O) groups excluding carboxylic acids is 1. The maximum absolute atomic E-state index is 13.0. The van der Waals surface area contributed by atoms with E-state index in [2.05, 4.69) is 10.0 Å². The van der Waals surface area contributed by atoms with Crippen LogP contribution in [0.5, 0.6) is 5.75 Å². The molecule has 1 atom stereocenters. The lowest BCUT2D eigenvalue weighted by Gasteiger charge is -2.15. The highest BCUT2D eigenvalue weighted by atomic mass is 32.2. The van der Waals surface area contributed by atoms with Gasteiger partial charge in [0.05, 0.1) is 10.9 Å². The van der Waals surface area contributed by atoms with Gasteiger partial charge in [0, 0.05) is 5.69 Å². The van der Waals surface area contributed by atoms with Crippen LogP contribution in [0.4, 0.5) is 10.1 Å². The molecule has 0 heterocycles. The van der Waals surface area contributed by atoms with Crippen molar-refractivity contribution in [3.05, 3.63) is 89.7 Å². The van der Waals surface area contributed by atoms with Crippen LogP contribution in [0.2, 0.25) is 0 Å². The van der Waals surface area contributed by atoms with Gasteiger partial charge >= 0.3 is 0 Å². The normalized spacial score (nSPS) is 12.1. The van der Waals surface area contributed by atoms with Crippen LogP contribution in [-0.4, -0.2) is 20.9 Å². The molecule has 0 aromatic heterocycles. The summed E-state index contributed by atoms with van der Waals surface area (Å²) in [5.41, 5.74) is 2.19. The van der Waals surface area contributed by atoms with Crippen molar-refractivity contribution >= 4 is 21.6 Å². The molecule has 0 saturated heterocycles. The SMILES string of the molecule is Cc1cccc(NS(=O)(=O)c2ccc(OCC(=O)N[C@@H](C)c3ccc(F)cc3)cc2)c1. The van der Waals surface area contributed by atoms with Gasteiger partial charge in [0.25, 0.3) is 15.9 Å². The summed E-state index contributed by atoms with van der Waals surface area (Å²) in [4.78, 5) is 12.2. The number of hydrogen-bond donors (Lipinski definition) is 2. The Labute approximate surface area is 181 Å². The summed E-state index contributed by atoms with van der Waals surface area (Å²) in [6.45, 7) is 3.42. The molecular formula is C23H23FN2O4S. The summed E-state index contributed by atoms with van der Waals surface area (Å²) in [6.07, 6.45) is 0. The maximum atomic E-state index is 13.0. The lowest BCUT2D eigenvalue weighted by atomic mass is 10.1. The topological polar surface area (TPSA) is 84.5 Å². The highest BCUT2D eigenvalue weighted by Gasteiger charge is 2.15. The van der Waals surface area contributed by atoms with Crippen molar-refractivity contribution in [2.75, 3.05) is 11.3 Å². The van der Waals surface area contributed by atoms with E-state index < -0.39 is 10.0 Å². The summed E-state index contributed by atoms with van der Waals surface area (Å²) in [5, 5.41) is 2.76. The fourth-order valence-electron chi connectivity index (χ4n) is 2.90. The molecule has 0 unspecified atom stereocenters. The number of aryl methyl sites for hydroxylation is 1. The van der Waals surface area contributed by atoms with Crippen LogP contribution in [0, 0.1) is 12.7 Å². The first-order valence-corrected chi connectivity index (χ1v) is 11.1. The third kappa shape index (κ3) is 6.29. The van der Waals surface area contributed by atoms with Crippen molar-refractivity contribution in [3.63, 3.8) is 0 Å². The van der Waals surface area contributed by atoms with Gasteiger partial charge in [0.2, 0.25) is 0 Å².